The third-order valence-electron chi connectivity index (χ3n) is 4.79. The summed E-state index contributed by atoms with van der Waals surface area (Å²) in [6.45, 7) is 6.37. The van der Waals surface area contributed by atoms with Gasteiger partial charge < -0.3 is 10.2 Å². The molecule has 1 aromatic carbocycles. The molecule has 25 heavy (non-hydrogen) atoms. The first-order valence-electron chi connectivity index (χ1n) is 8.81. The number of hydrogen-bond acceptors (Lipinski definition) is 3. The Hall–Kier alpha value is -1.20. The molecule has 1 fully saturated rings. The highest BCUT2D eigenvalue weighted by Gasteiger charge is 2.39. The lowest BCUT2D eigenvalue weighted by Gasteiger charge is -2.32. The maximum absolute atomic E-state index is 12.9. The minimum atomic E-state index is -0.468. The van der Waals surface area contributed by atoms with Crippen molar-refractivity contribution in [2.24, 2.45) is 5.41 Å². The van der Waals surface area contributed by atoms with Gasteiger partial charge in [-0.15, -0.1) is 11.8 Å². The standard InChI is InChI=1S/C19H25ClN2O2S/c1-19(2,3)18(24)22-9-4-5-15(22)17(23)21-14-8-10-25-16-7-6-12(20)11-13(14)16/h6-7,11,14-15H,4-5,8-10H2,1-3H3,(H,21,23). The van der Waals surface area contributed by atoms with E-state index in [9.17, 15) is 9.59 Å². The van der Waals surface area contributed by atoms with Gasteiger partial charge in [-0.2, -0.15) is 0 Å². The van der Waals surface area contributed by atoms with Crippen molar-refractivity contribution < 1.29 is 9.59 Å². The first kappa shape index (κ1) is 18.6. The number of carbonyl (C=O) groups excluding carboxylic acids is 2. The normalized spacial score (nSPS) is 23.3. The molecule has 2 atom stereocenters. The lowest BCUT2D eigenvalue weighted by molar-refractivity contribution is -0.144. The van der Waals surface area contributed by atoms with Crippen LogP contribution >= 0.6 is 23.4 Å². The Morgan fingerprint density at radius 3 is 2.76 bits per heavy atom. The monoisotopic (exact) mass is 380 g/mol. The summed E-state index contributed by atoms with van der Waals surface area (Å²) in [5, 5.41) is 3.86. The van der Waals surface area contributed by atoms with Gasteiger partial charge in [0.2, 0.25) is 11.8 Å². The van der Waals surface area contributed by atoms with Gasteiger partial charge in [-0.3, -0.25) is 9.59 Å². The molecule has 6 heteroatoms. The molecule has 0 spiro atoms. The van der Waals surface area contributed by atoms with Crippen LogP contribution < -0.4 is 5.32 Å². The SMILES string of the molecule is CC(C)(C)C(=O)N1CCCC1C(=O)NC1CCSc2ccc(Cl)cc21. The van der Waals surface area contributed by atoms with E-state index in [1.54, 1.807) is 16.7 Å². The fourth-order valence-electron chi connectivity index (χ4n) is 3.50. The molecule has 0 saturated carbocycles. The van der Waals surface area contributed by atoms with Gasteiger partial charge in [0.1, 0.15) is 6.04 Å². The number of fused-ring (bicyclic) bond motifs is 1. The highest BCUT2D eigenvalue weighted by Crippen LogP contribution is 2.38. The van der Waals surface area contributed by atoms with Gasteiger partial charge in [-0.25, -0.2) is 0 Å². The van der Waals surface area contributed by atoms with E-state index in [4.69, 9.17) is 11.6 Å². The van der Waals surface area contributed by atoms with E-state index in [-0.39, 0.29) is 23.9 Å². The van der Waals surface area contributed by atoms with Gasteiger partial charge >= 0.3 is 0 Å². The van der Waals surface area contributed by atoms with Gasteiger partial charge in [-0.05, 0) is 43.0 Å². The van der Waals surface area contributed by atoms with Crippen LogP contribution in [0.3, 0.4) is 0 Å². The van der Waals surface area contributed by atoms with Gasteiger partial charge in [0, 0.05) is 27.6 Å². The fraction of sp³-hybridized carbons (Fsp3) is 0.579. The summed E-state index contributed by atoms with van der Waals surface area (Å²) in [6.07, 6.45) is 2.49. The number of nitrogens with one attached hydrogen (secondary N) is 1. The predicted octanol–water partition coefficient (Wildman–Crippen LogP) is 4.03. The van der Waals surface area contributed by atoms with E-state index in [0.717, 1.165) is 30.6 Å². The molecule has 1 N–H and O–H groups in total. The van der Waals surface area contributed by atoms with Crippen LogP contribution in [0.15, 0.2) is 23.1 Å². The predicted molar refractivity (Wildman–Crippen MR) is 102 cm³/mol. The van der Waals surface area contributed by atoms with Crippen molar-refractivity contribution in [3.05, 3.63) is 28.8 Å². The number of hydrogen-bond donors (Lipinski definition) is 1. The van der Waals surface area contributed by atoms with Crippen molar-refractivity contribution in [3.63, 3.8) is 0 Å². The number of nitrogens with zero attached hydrogens (tertiary/aromatic N) is 1. The Bertz CT molecular complexity index is 686. The van der Waals surface area contributed by atoms with Gasteiger partial charge in [0.15, 0.2) is 0 Å². The largest absolute Gasteiger partial charge is 0.347 e. The molecule has 3 rings (SSSR count). The Labute approximate surface area is 158 Å². The van der Waals surface area contributed by atoms with Crippen LogP contribution in [0.1, 0.15) is 51.6 Å². The quantitative estimate of drug-likeness (QED) is 0.842. The van der Waals surface area contributed by atoms with Crippen LogP contribution in [0.25, 0.3) is 0 Å². The molecule has 0 aliphatic carbocycles. The Morgan fingerprint density at radius 1 is 1.28 bits per heavy atom. The van der Waals surface area contributed by atoms with Crippen LogP contribution in [0, 0.1) is 5.41 Å². The molecule has 2 aliphatic rings. The van der Waals surface area contributed by atoms with Crippen LogP contribution in [-0.2, 0) is 9.59 Å². The number of likely N-dealkylation sites (tertiary alicyclic amines) is 1. The third kappa shape index (κ3) is 3.98. The Kier molecular flexibility index (Phi) is 5.35. The van der Waals surface area contributed by atoms with Crippen molar-refractivity contribution >= 4 is 35.2 Å². The number of halogens is 1. The molecule has 2 aliphatic heterocycles. The van der Waals surface area contributed by atoms with Crippen molar-refractivity contribution in [1.29, 1.82) is 0 Å². The topological polar surface area (TPSA) is 49.4 Å². The summed E-state index contributed by atoms with van der Waals surface area (Å²) in [4.78, 5) is 28.5. The van der Waals surface area contributed by atoms with Crippen molar-refractivity contribution in [2.45, 2.75) is 57.0 Å². The maximum atomic E-state index is 12.9. The number of rotatable bonds is 2. The zero-order valence-electron chi connectivity index (χ0n) is 15.0. The van der Waals surface area contributed by atoms with Crippen LogP contribution in [0.2, 0.25) is 5.02 Å². The highest BCUT2D eigenvalue weighted by atomic mass is 35.5. The first-order chi connectivity index (χ1) is 11.8. The molecule has 136 valence electrons. The summed E-state index contributed by atoms with van der Waals surface area (Å²) >= 11 is 7.94. The minimum Gasteiger partial charge on any atom is -0.347 e. The summed E-state index contributed by atoms with van der Waals surface area (Å²) in [5.41, 5.74) is 0.619. The average Bonchev–Trinajstić information content (AvgIpc) is 3.03. The molecule has 0 radical (unpaired) electrons. The van der Waals surface area contributed by atoms with Crippen LogP contribution in [0.4, 0.5) is 0 Å². The summed E-state index contributed by atoms with van der Waals surface area (Å²) in [6, 6.07) is 5.46. The smallest absolute Gasteiger partial charge is 0.243 e. The fourth-order valence-corrected chi connectivity index (χ4v) is 4.78. The van der Waals surface area contributed by atoms with Crippen LogP contribution in [0.5, 0.6) is 0 Å². The molecule has 4 nitrogen and oxygen atoms in total. The molecule has 0 aromatic heterocycles. The highest BCUT2D eigenvalue weighted by molar-refractivity contribution is 7.99. The molecule has 0 bridgehead atoms. The van der Waals surface area contributed by atoms with E-state index in [1.807, 2.05) is 39.0 Å². The van der Waals surface area contributed by atoms with Gasteiger partial charge in [0.05, 0.1) is 6.04 Å². The molecule has 2 heterocycles. The zero-order valence-corrected chi connectivity index (χ0v) is 16.5. The summed E-state index contributed by atoms with van der Waals surface area (Å²) < 4.78 is 0. The number of thioether (sulfide) groups is 1. The molecule has 1 aromatic rings. The zero-order chi connectivity index (χ0) is 18.2. The van der Waals surface area contributed by atoms with E-state index in [2.05, 4.69) is 5.32 Å². The number of amides is 2. The first-order valence-corrected chi connectivity index (χ1v) is 10.2. The van der Waals surface area contributed by atoms with Crippen LogP contribution in [-0.4, -0.2) is 35.1 Å². The molecule has 2 unspecified atom stereocenters. The molecular formula is C19H25ClN2O2S. The van der Waals surface area contributed by atoms with E-state index < -0.39 is 5.41 Å². The second kappa shape index (κ2) is 7.20. The maximum Gasteiger partial charge on any atom is 0.243 e. The molecule has 1 saturated heterocycles. The average molecular weight is 381 g/mol. The lowest BCUT2D eigenvalue weighted by atomic mass is 9.94. The van der Waals surface area contributed by atoms with Crippen molar-refractivity contribution in [3.8, 4) is 0 Å². The second-order valence-electron chi connectivity index (χ2n) is 7.79. The lowest BCUT2D eigenvalue weighted by Crippen LogP contribution is -2.50. The van der Waals surface area contributed by atoms with Crippen molar-refractivity contribution in [2.75, 3.05) is 12.3 Å². The molecule has 2 amide bonds. The summed E-state index contributed by atoms with van der Waals surface area (Å²) in [7, 11) is 0. The minimum absolute atomic E-state index is 0.0327. The summed E-state index contributed by atoms with van der Waals surface area (Å²) in [5.74, 6) is 0.972. The van der Waals surface area contributed by atoms with E-state index in [1.165, 1.54) is 4.90 Å². The molecular weight excluding hydrogens is 356 g/mol. The third-order valence-corrected chi connectivity index (χ3v) is 6.14. The Morgan fingerprint density at radius 2 is 2.04 bits per heavy atom. The van der Waals surface area contributed by atoms with Crippen molar-refractivity contribution in [1.82, 2.24) is 10.2 Å². The second-order valence-corrected chi connectivity index (χ2v) is 9.36. The Balaban J connectivity index is 1.75. The van der Waals surface area contributed by atoms with E-state index in [0.29, 0.717) is 11.6 Å². The van der Waals surface area contributed by atoms with E-state index >= 15 is 0 Å². The number of carbonyl (C=O) groups is 2. The number of benzene rings is 1. The van der Waals surface area contributed by atoms with Gasteiger partial charge in [0.25, 0.3) is 0 Å². The van der Waals surface area contributed by atoms with Gasteiger partial charge in [-0.1, -0.05) is 32.4 Å².